The monoisotopic (exact) mass is 337 g/mol. The molecule has 2 aromatic carbocycles. The number of anilines is 2. The molecule has 0 radical (unpaired) electrons. The molecular formula is C21H27N3O. The van der Waals surface area contributed by atoms with Crippen LogP contribution in [0, 0.1) is 0 Å². The average molecular weight is 337 g/mol. The van der Waals surface area contributed by atoms with Gasteiger partial charge >= 0.3 is 0 Å². The fourth-order valence-corrected chi connectivity index (χ4v) is 3.00. The lowest BCUT2D eigenvalue weighted by atomic mass is 9.87. The van der Waals surface area contributed by atoms with Gasteiger partial charge in [0.25, 0.3) is 5.91 Å². The summed E-state index contributed by atoms with van der Waals surface area (Å²) in [5.74, 6) is -0.0737. The summed E-state index contributed by atoms with van der Waals surface area (Å²) in [6.45, 7) is 10.6. The summed E-state index contributed by atoms with van der Waals surface area (Å²) >= 11 is 0. The van der Waals surface area contributed by atoms with Gasteiger partial charge in [0.2, 0.25) is 0 Å². The second kappa shape index (κ2) is 7.28. The van der Waals surface area contributed by atoms with E-state index in [2.05, 4.69) is 48.4 Å². The Morgan fingerprint density at radius 2 is 1.56 bits per heavy atom. The van der Waals surface area contributed by atoms with Gasteiger partial charge in [-0.1, -0.05) is 32.9 Å². The number of benzene rings is 2. The molecule has 0 bridgehead atoms. The molecule has 0 unspecified atom stereocenters. The standard InChI is InChI=1S/C21H27N3O/c1-21(2,3)17-6-4-16(5-7-17)20(25)23-18-8-10-19(11-9-18)24-14-12-22-13-15-24/h4-11,22H,12-15H2,1-3H3,(H,23,25). The summed E-state index contributed by atoms with van der Waals surface area (Å²) in [6.07, 6.45) is 0. The van der Waals surface area contributed by atoms with E-state index in [0.29, 0.717) is 5.56 Å². The minimum absolute atomic E-state index is 0.0737. The van der Waals surface area contributed by atoms with Crippen molar-refractivity contribution >= 4 is 17.3 Å². The van der Waals surface area contributed by atoms with Crippen LogP contribution >= 0.6 is 0 Å². The highest BCUT2D eigenvalue weighted by atomic mass is 16.1. The number of nitrogens with one attached hydrogen (secondary N) is 2. The van der Waals surface area contributed by atoms with E-state index in [9.17, 15) is 4.79 Å². The van der Waals surface area contributed by atoms with Crippen molar-refractivity contribution in [1.82, 2.24) is 5.32 Å². The molecule has 132 valence electrons. The van der Waals surface area contributed by atoms with Crippen LogP contribution in [0.3, 0.4) is 0 Å². The third-order valence-corrected chi connectivity index (χ3v) is 4.62. The fourth-order valence-electron chi connectivity index (χ4n) is 3.00. The van der Waals surface area contributed by atoms with Crippen LogP contribution in [-0.4, -0.2) is 32.1 Å². The second-order valence-electron chi connectivity index (χ2n) is 7.57. The van der Waals surface area contributed by atoms with Crippen molar-refractivity contribution < 1.29 is 4.79 Å². The molecule has 1 fully saturated rings. The zero-order valence-electron chi connectivity index (χ0n) is 15.3. The van der Waals surface area contributed by atoms with Gasteiger partial charge in [-0.3, -0.25) is 4.79 Å². The van der Waals surface area contributed by atoms with Crippen LogP contribution in [0.1, 0.15) is 36.7 Å². The number of amides is 1. The number of carbonyl (C=O) groups excluding carboxylic acids is 1. The van der Waals surface area contributed by atoms with Gasteiger partial charge in [-0.2, -0.15) is 0 Å². The highest BCUT2D eigenvalue weighted by Gasteiger charge is 2.15. The molecule has 0 aromatic heterocycles. The quantitative estimate of drug-likeness (QED) is 0.899. The first-order valence-electron chi connectivity index (χ1n) is 8.91. The lowest BCUT2D eigenvalue weighted by Crippen LogP contribution is -2.43. The minimum Gasteiger partial charge on any atom is -0.369 e. The zero-order chi connectivity index (χ0) is 17.9. The Kier molecular flexibility index (Phi) is 5.09. The summed E-state index contributed by atoms with van der Waals surface area (Å²) in [5, 5.41) is 6.33. The maximum Gasteiger partial charge on any atom is 0.255 e. The number of piperazine rings is 1. The number of rotatable bonds is 3. The van der Waals surface area contributed by atoms with Gasteiger partial charge in [0.05, 0.1) is 0 Å². The third kappa shape index (κ3) is 4.40. The van der Waals surface area contributed by atoms with Crippen molar-refractivity contribution in [2.24, 2.45) is 0 Å². The van der Waals surface area contributed by atoms with Crippen molar-refractivity contribution in [3.8, 4) is 0 Å². The third-order valence-electron chi connectivity index (χ3n) is 4.62. The largest absolute Gasteiger partial charge is 0.369 e. The van der Waals surface area contributed by atoms with Gasteiger partial charge in [-0.15, -0.1) is 0 Å². The molecule has 1 aliphatic heterocycles. The second-order valence-corrected chi connectivity index (χ2v) is 7.57. The first kappa shape index (κ1) is 17.5. The summed E-state index contributed by atoms with van der Waals surface area (Å²) < 4.78 is 0. The first-order valence-corrected chi connectivity index (χ1v) is 8.91. The Balaban J connectivity index is 1.64. The smallest absolute Gasteiger partial charge is 0.255 e. The van der Waals surface area contributed by atoms with Crippen molar-refractivity contribution in [3.63, 3.8) is 0 Å². The van der Waals surface area contributed by atoms with E-state index in [1.54, 1.807) is 0 Å². The predicted octanol–water partition coefficient (Wildman–Crippen LogP) is 3.65. The maximum absolute atomic E-state index is 12.4. The molecule has 2 N–H and O–H groups in total. The molecule has 0 aliphatic carbocycles. The van der Waals surface area contributed by atoms with Gasteiger partial charge in [0.1, 0.15) is 0 Å². The molecule has 0 spiro atoms. The van der Waals surface area contributed by atoms with E-state index in [1.165, 1.54) is 11.3 Å². The zero-order valence-corrected chi connectivity index (χ0v) is 15.3. The Labute approximate surface area is 150 Å². The van der Waals surface area contributed by atoms with Crippen molar-refractivity contribution in [2.45, 2.75) is 26.2 Å². The summed E-state index contributed by atoms with van der Waals surface area (Å²) in [5.41, 5.74) is 4.02. The topological polar surface area (TPSA) is 44.4 Å². The van der Waals surface area contributed by atoms with Gasteiger partial charge in [-0.25, -0.2) is 0 Å². The average Bonchev–Trinajstić information content (AvgIpc) is 2.62. The number of hydrogen-bond acceptors (Lipinski definition) is 3. The van der Waals surface area contributed by atoms with Crippen LogP contribution < -0.4 is 15.5 Å². The van der Waals surface area contributed by atoms with Crippen LogP contribution in [-0.2, 0) is 5.41 Å². The molecule has 1 amide bonds. The molecule has 1 heterocycles. The highest BCUT2D eigenvalue weighted by molar-refractivity contribution is 6.04. The van der Waals surface area contributed by atoms with E-state index in [4.69, 9.17) is 0 Å². The van der Waals surface area contributed by atoms with Crippen molar-refractivity contribution in [2.75, 3.05) is 36.4 Å². The normalized spacial score (nSPS) is 15.1. The lowest BCUT2D eigenvalue weighted by molar-refractivity contribution is 0.102. The van der Waals surface area contributed by atoms with E-state index >= 15 is 0 Å². The molecular weight excluding hydrogens is 310 g/mol. The molecule has 3 rings (SSSR count). The number of hydrogen-bond donors (Lipinski definition) is 2. The van der Waals surface area contributed by atoms with Gasteiger partial charge < -0.3 is 15.5 Å². The van der Waals surface area contributed by atoms with Crippen LogP contribution in [0.5, 0.6) is 0 Å². The summed E-state index contributed by atoms with van der Waals surface area (Å²) in [6, 6.07) is 15.9. The Bertz CT molecular complexity index is 708. The van der Waals surface area contributed by atoms with Gasteiger partial charge in [0.15, 0.2) is 0 Å². The summed E-state index contributed by atoms with van der Waals surface area (Å²) in [7, 11) is 0. The Hall–Kier alpha value is -2.33. The molecule has 0 saturated carbocycles. The fraction of sp³-hybridized carbons (Fsp3) is 0.381. The Morgan fingerprint density at radius 1 is 0.960 bits per heavy atom. The van der Waals surface area contributed by atoms with Gasteiger partial charge in [0, 0.05) is 43.1 Å². The molecule has 1 aliphatic rings. The molecule has 25 heavy (non-hydrogen) atoms. The highest BCUT2D eigenvalue weighted by Crippen LogP contribution is 2.23. The van der Waals surface area contributed by atoms with Crippen LogP contribution in [0.4, 0.5) is 11.4 Å². The van der Waals surface area contributed by atoms with Crippen LogP contribution in [0.25, 0.3) is 0 Å². The molecule has 4 nitrogen and oxygen atoms in total. The lowest BCUT2D eigenvalue weighted by Gasteiger charge is -2.29. The van der Waals surface area contributed by atoms with Crippen LogP contribution in [0.15, 0.2) is 48.5 Å². The molecule has 0 atom stereocenters. The first-order chi connectivity index (χ1) is 11.9. The number of nitrogens with zero attached hydrogens (tertiary/aromatic N) is 1. The van der Waals surface area contributed by atoms with E-state index in [1.807, 2.05) is 36.4 Å². The van der Waals surface area contributed by atoms with Crippen molar-refractivity contribution in [3.05, 3.63) is 59.7 Å². The SMILES string of the molecule is CC(C)(C)c1ccc(C(=O)Nc2ccc(N3CCNCC3)cc2)cc1. The van der Waals surface area contributed by atoms with Crippen LogP contribution in [0.2, 0.25) is 0 Å². The van der Waals surface area contributed by atoms with E-state index in [-0.39, 0.29) is 11.3 Å². The van der Waals surface area contributed by atoms with E-state index in [0.717, 1.165) is 31.9 Å². The Morgan fingerprint density at radius 3 is 2.12 bits per heavy atom. The molecule has 1 saturated heterocycles. The number of carbonyl (C=O) groups is 1. The molecule has 4 heteroatoms. The maximum atomic E-state index is 12.4. The predicted molar refractivity (Wildman–Crippen MR) is 105 cm³/mol. The van der Waals surface area contributed by atoms with E-state index < -0.39 is 0 Å². The minimum atomic E-state index is -0.0737. The van der Waals surface area contributed by atoms with Gasteiger partial charge in [-0.05, 0) is 47.4 Å². The summed E-state index contributed by atoms with van der Waals surface area (Å²) in [4.78, 5) is 14.8. The van der Waals surface area contributed by atoms with Crippen molar-refractivity contribution in [1.29, 1.82) is 0 Å². The molecule has 2 aromatic rings.